The molecule has 0 atom stereocenters. The Kier molecular flexibility index (Phi) is 5.57. The lowest BCUT2D eigenvalue weighted by Gasteiger charge is -2.11. The van der Waals surface area contributed by atoms with Gasteiger partial charge in [0.2, 0.25) is 0 Å². The van der Waals surface area contributed by atoms with Crippen molar-refractivity contribution < 1.29 is 0 Å². The van der Waals surface area contributed by atoms with Crippen molar-refractivity contribution in [3.05, 3.63) is 132 Å². The highest BCUT2D eigenvalue weighted by Gasteiger charge is 2.11. The molecular weight excluding hydrogens is 448 g/mol. The predicted octanol–water partition coefficient (Wildman–Crippen LogP) is 8.95. The van der Waals surface area contributed by atoms with Crippen LogP contribution in [-0.2, 0) is 0 Å². The molecule has 1 heterocycles. The Bertz CT molecular complexity index is 1570. The number of fused-ring (bicyclic) bond motifs is 1. The van der Waals surface area contributed by atoms with E-state index >= 15 is 0 Å². The van der Waals surface area contributed by atoms with Crippen molar-refractivity contribution in [1.29, 1.82) is 0 Å². The number of benzene rings is 5. The molecule has 5 aromatic carbocycles. The van der Waals surface area contributed by atoms with Crippen LogP contribution in [0.2, 0.25) is 5.02 Å². The summed E-state index contributed by atoms with van der Waals surface area (Å²) in [6, 6.07) is 43.3. The molecule has 0 amide bonds. The Morgan fingerprint density at radius 2 is 1.00 bits per heavy atom. The molecular formula is C32H21ClN2. The van der Waals surface area contributed by atoms with Crippen LogP contribution >= 0.6 is 11.6 Å². The zero-order chi connectivity index (χ0) is 23.6. The molecule has 1 aromatic heterocycles. The van der Waals surface area contributed by atoms with Gasteiger partial charge in [-0.15, -0.1) is 0 Å². The second kappa shape index (κ2) is 9.17. The molecule has 0 aliphatic rings. The maximum atomic E-state index is 6.44. The van der Waals surface area contributed by atoms with E-state index in [-0.39, 0.29) is 0 Å². The first-order valence-electron chi connectivity index (χ1n) is 11.5. The molecule has 3 heteroatoms. The number of hydrogen-bond donors (Lipinski definition) is 0. The van der Waals surface area contributed by atoms with Crippen molar-refractivity contribution in [2.45, 2.75) is 0 Å². The summed E-state index contributed by atoms with van der Waals surface area (Å²) >= 11 is 6.44. The first-order chi connectivity index (χ1) is 17.2. The average molecular weight is 469 g/mol. The fraction of sp³-hybridized carbons (Fsp3) is 0. The molecule has 0 saturated heterocycles. The minimum atomic E-state index is 0.715. The van der Waals surface area contributed by atoms with E-state index in [2.05, 4.69) is 60.7 Å². The van der Waals surface area contributed by atoms with E-state index in [1.165, 1.54) is 5.39 Å². The molecule has 0 bridgehead atoms. The van der Waals surface area contributed by atoms with Gasteiger partial charge in [0.25, 0.3) is 0 Å². The molecule has 0 aliphatic carbocycles. The predicted molar refractivity (Wildman–Crippen MR) is 146 cm³/mol. The van der Waals surface area contributed by atoms with E-state index in [4.69, 9.17) is 21.6 Å². The second-order valence-electron chi connectivity index (χ2n) is 8.45. The van der Waals surface area contributed by atoms with E-state index in [0.29, 0.717) is 5.82 Å². The number of aromatic nitrogens is 2. The van der Waals surface area contributed by atoms with E-state index in [1.54, 1.807) is 0 Å². The standard InChI is InChI=1S/C32H21ClN2/c33-27-19-26-13-7-8-14-28(26)29(20-27)22-15-17-24(18-16-22)31-21-30(23-9-3-1-4-10-23)34-32(35-31)25-11-5-2-6-12-25/h1-21H. The summed E-state index contributed by atoms with van der Waals surface area (Å²) in [6.07, 6.45) is 0. The molecule has 2 nitrogen and oxygen atoms in total. The Morgan fingerprint density at radius 3 is 1.69 bits per heavy atom. The van der Waals surface area contributed by atoms with Crippen molar-refractivity contribution in [1.82, 2.24) is 9.97 Å². The van der Waals surface area contributed by atoms with Gasteiger partial charge in [-0.1, -0.05) is 121 Å². The molecule has 0 aliphatic heterocycles. The highest BCUT2D eigenvalue weighted by atomic mass is 35.5. The van der Waals surface area contributed by atoms with Gasteiger partial charge in [0, 0.05) is 21.7 Å². The van der Waals surface area contributed by atoms with Crippen LogP contribution in [0.15, 0.2) is 127 Å². The van der Waals surface area contributed by atoms with E-state index in [1.807, 2.05) is 66.7 Å². The lowest BCUT2D eigenvalue weighted by Crippen LogP contribution is -1.95. The number of nitrogens with zero attached hydrogens (tertiary/aromatic N) is 2. The van der Waals surface area contributed by atoms with Gasteiger partial charge in [0.15, 0.2) is 5.82 Å². The summed E-state index contributed by atoms with van der Waals surface area (Å²) in [5.41, 5.74) is 7.13. The SMILES string of the molecule is Clc1cc(-c2ccc(-c3cc(-c4ccccc4)nc(-c4ccccc4)n3)cc2)c2ccccc2c1. The van der Waals surface area contributed by atoms with Crippen LogP contribution in [0.4, 0.5) is 0 Å². The third-order valence-electron chi connectivity index (χ3n) is 6.15. The maximum absolute atomic E-state index is 6.44. The lowest BCUT2D eigenvalue weighted by molar-refractivity contribution is 1.18. The average Bonchev–Trinajstić information content (AvgIpc) is 2.93. The minimum Gasteiger partial charge on any atom is -0.228 e. The summed E-state index contributed by atoms with van der Waals surface area (Å²) in [7, 11) is 0. The van der Waals surface area contributed by atoms with E-state index in [0.717, 1.165) is 49.6 Å². The van der Waals surface area contributed by atoms with Gasteiger partial charge in [-0.25, -0.2) is 9.97 Å². The van der Waals surface area contributed by atoms with Gasteiger partial charge >= 0.3 is 0 Å². The van der Waals surface area contributed by atoms with Gasteiger partial charge in [0.1, 0.15) is 0 Å². The number of rotatable bonds is 4. The molecule has 0 saturated carbocycles. The molecule has 166 valence electrons. The van der Waals surface area contributed by atoms with Crippen LogP contribution in [-0.4, -0.2) is 9.97 Å². The van der Waals surface area contributed by atoms with Crippen LogP contribution in [0.25, 0.3) is 55.8 Å². The molecule has 6 aromatic rings. The Balaban J connectivity index is 1.46. The largest absolute Gasteiger partial charge is 0.228 e. The fourth-order valence-corrected chi connectivity index (χ4v) is 4.63. The van der Waals surface area contributed by atoms with Crippen LogP contribution in [0.1, 0.15) is 0 Å². The third-order valence-corrected chi connectivity index (χ3v) is 6.36. The van der Waals surface area contributed by atoms with Crippen molar-refractivity contribution in [3.63, 3.8) is 0 Å². The first kappa shape index (κ1) is 21.3. The lowest BCUT2D eigenvalue weighted by atomic mass is 9.97. The van der Waals surface area contributed by atoms with Gasteiger partial charge in [-0.2, -0.15) is 0 Å². The zero-order valence-corrected chi connectivity index (χ0v) is 19.7. The summed E-state index contributed by atoms with van der Waals surface area (Å²) in [6.45, 7) is 0. The van der Waals surface area contributed by atoms with Crippen LogP contribution < -0.4 is 0 Å². The maximum Gasteiger partial charge on any atom is 0.160 e. The highest BCUT2D eigenvalue weighted by Crippen LogP contribution is 2.34. The molecule has 6 rings (SSSR count). The summed E-state index contributed by atoms with van der Waals surface area (Å²) in [5.74, 6) is 0.715. The van der Waals surface area contributed by atoms with Gasteiger partial charge in [-0.3, -0.25) is 0 Å². The van der Waals surface area contributed by atoms with E-state index in [9.17, 15) is 0 Å². The monoisotopic (exact) mass is 468 g/mol. The van der Waals surface area contributed by atoms with Gasteiger partial charge in [0.05, 0.1) is 11.4 Å². The normalized spacial score (nSPS) is 11.0. The van der Waals surface area contributed by atoms with Crippen molar-refractivity contribution in [2.75, 3.05) is 0 Å². The number of halogens is 1. The number of hydrogen-bond acceptors (Lipinski definition) is 2. The van der Waals surface area contributed by atoms with Crippen LogP contribution in [0.5, 0.6) is 0 Å². The highest BCUT2D eigenvalue weighted by molar-refractivity contribution is 6.32. The van der Waals surface area contributed by atoms with Crippen molar-refractivity contribution in [3.8, 4) is 45.0 Å². The van der Waals surface area contributed by atoms with E-state index < -0.39 is 0 Å². The second-order valence-corrected chi connectivity index (χ2v) is 8.88. The first-order valence-corrected chi connectivity index (χ1v) is 11.9. The van der Waals surface area contributed by atoms with Gasteiger partial charge in [-0.05, 0) is 40.1 Å². The fourth-order valence-electron chi connectivity index (χ4n) is 4.40. The Hall–Kier alpha value is -4.27. The summed E-state index contributed by atoms with van der Waals surface area (Å²) < 4.78 is 0. The molecule has 0 radical (unpaired) electrons. The van der Waals surface area contributed by atoms with Crippen molar-refractivity contribution >= 4 is 22.4 Å². The summed E-state index contributed by atoms with van der Waals surface area (Å²) in [4.78, 5) is 9.82. The summed E-state index contributed by atoms with van der Waals surface area (Å²) in [5, 5.41) is 3.05. The Labute approximate surface area is 209 Å². The topological polar surface area (TPSA) is 25.8 Å². The molecule has 0 fully saturated rings. The molecule has 35 heavy (non-hydrogen) atoms. The Morgan fingerprint density at radius 1 is 0.457 bits per heavy atom. The zero-order valence-electron chi connectivity index (χ0n) is 18.9. The quantitative estimate of drug-likeness (QED) is 0.258. The smallest absolute Gasteiger partial charge is 0.160 e. The third kappa shape index (κ3) is 4.32. The minimum absolute atomic E-state index is 0.715. The molecule has 0 unspecified atom stereocenters. The van der Waals surface area contributed by atoms with Crippen LogP contribution in [0, 0.1) is 0 Å². The van der Waals surface area contributed by atoms with Crippen LogP contribution in [0.3, 0.4) is 0 Å². The molecule has 0 N–H and O–H groups in total. The van der Waals surface area contributed by atoms with Crippen molar-refractivity contribution in [2.24, 2.45) is 0 Å². The van der Waals surface area contributed by atoms with Gasteiger partial charge < -0.3 is 0 Å². The molecule has 0 spiro atoms.